The van der Waals surface area contributed by atoms with E-state index in [0.29, 0.717) is 13.0 Å². The number of hydrogen-bond donors (Lipinski definition) is 1. The van der Waals surface area contributed by atoms with E-state index in [9.17, 15) is 19.2 Å². The van der Waals surface area contributed by atoms with Gasteiger partial charge in [0.1, 0.15) is 6.54 Å². The number of carbonyl (C=O) groups excluding carboxylic acids is 4. The number of fused-ring (bicyclic) bond motifs is 2. The number of aromatic nitrogens is 1. The molecule has 226 valence electrons. The van der Waals surface area contributed by atoms with Crippen molar-refractivity contribution >= 4 is 79.8 Å². The molecule has 0 atom stereocenters. The van der Waals surface area contributed by atoms with Crippen molar-refractivity contribution in [3.05, 3.63) is 118 Å². The normalized spacial score (nSPS) is 14.1. The van der Waals surface area contributed by atoms with Crippen LogP contribution in [-0.4, -0.2) is 45.6 Å². The molecular formula is C35H28ClN3O5S. The Morgan fingerprint density at radius 2 is 1.73 bits per heavy atom. The minimum atomic E-state index is -0.604. The van der Waals surface area contributed by atoms with Gasteiger partial charge in [0.15, 0.2) is 0 Å². The molecule has 6 rings (SSSR count). The van der Waals surface area contributed by atoms with E-state index in [1.54, 1.807) is 6.08 Å². The molecule has 1 aliphatic rings. The molecule has 2 heterocycles. The van der Waals surface area contributed by atoms with Gasteiger partial charge in [-0.2, -0.15) is 0 Å². The van der Waals surface area contributed by atoms with Crippen LogP contribution in [0.25, 0.3) is 27.8 Å². The van der Waals surface area contributed by atoms with Gasteiger partial charge in [-0.25, -0.2) is 4.79 Å². The summed E-state index contributed by atoms with van der Waals surface area (Å²) in [4.78, 5) is 52.5. The first-order valence-electron chi connectivity index (χ1n) is 14.4. The lowest BCUT2D eigenvalue weighted by molar-refractivity contribution is -0.127. The summed E-state index contributed by atoms with van der Waals surface area (Å²) in [5.41, 5.74) is 3.32. The van der Waals surface area contributed by atoms with E-state index in [0.717, 1.165) is 44.1 Å². The largest absolute Gasteiger partial charge is 0.462 e. The monoisotopic (exact) mass is 637 g/mol. The first kappa shape index (κ1) is 30.2. The van der Waals surface area contributed by atoms with Gasteiger partial charge in [-0.1, -0.05) is 73.1 Å². The van der Waals surface area contributed by atoms with Crippen LogP contribution >= 0.6 is 23.4 Å². The molecule has 0 radical (unpaired) electrons. The lowest BCUT2D eigenvalue weighted by Crippen LogP contribution is -2.36. The van der Waals surface area contributed by atoms with Crippen LogP contribution in [0.3, 0.4) is 0 Å². The minimum Gasteiger partial charge on any atom is -0.462 e. The van der Waals surface area contributed by atoms with Gasteiger partial charge in [-0.15, -0.1) is 0 Å². The number of rotatable bonds is 9. The number of nitrogens with zero attached hydrogens (tertiary/aromatic N) is 2. The zero-order valence-electron chi connectivity index (χ0n) is 24.3. The van der Waals surface area contributed by atoms with Gasteiger partial charge < -0.3 is 14.6 Å². The van der Waals surface area contributed by atoms with Crippen LogP contribution in [0, 0.1) is 0 Å². The second-order valence-electron chi connectivity index (χ2n) is 10.6. The van der Waals surface area contributed by atoms with E-state index in [2.05, 4.69) is 40.2 Å². The molecule has 1 N–H and O–H groups in total. The summed E-state index contributed by atoms with van der Waals surface area (Å²) >= 11 is 6.94. The molecule has 0 saturated carbocycles. The third-order valence-corrected chi connectivity index (χ3v) is 8.59. The summed E-state index contributed by atoms with van der Waals surface area (Å²) in [6, 6.07) is 26.9. The topological polar surface area (TPSA) is 97.7 Å². The summed E-state index contributed by atoms with van der Waals surface area (Å²) in [5, 5.41) is 5.56. The smallest absolute Gasteiger partial charge is 0.339 e. The fourth-order valence-electron chi connectivity index (χ4n) is 5.21. The van der Waals surface area contributed by atoms with Gasteiger partial charge in [0.2, 0.25) is 5.91 Å². The molecule has 1 aromatic heterocycles. The Balaban J connectivity index is 1.19. The van der Waals surface area contributed by atoms with Gasteiger partial charge in [0, 0.05) is 34.9 Å². The molecular weight excluding hydrogens is 610 g/mol. The second kappa shape index (κ2) is 13.0. The average Bonchev–Trinajstić information content (AvgIpc) is 3.51. The molecule has 0 aliphatic carbocycles. The minimum absolute atomic E-state index is 0.108. The maximum atomic E-state index is 13.3. The van der Waals surface area contributed by atoms with Crippen molar-refractivity contribution in [1.29, 1.82) is 0 Å². The number of esters is 1. The van der Waals surface area contributed by atoms with Crippen molar-refractivity contribution in [3.8, 4) is 0 Å². The van der Waals surface area contributed by atoms with Crippen molar-refractivity contribution < 1.29 is 23.9 Å². The maximum Gasteiger partial charge on any atom is 0.339 e. The predicted octanol–water partition coefficient (Wildman–Crippen LogP) is 7.74. The molecule has 4 aromatic carbocycles. The summed E-state index contributed by atoms with van der Waals surface area (Å²) in [6.45, 7) is 2.26. The van der Waals surface area contributed by atoms with E-state index >= 15 is 0 Å². The van der Waals surface area contributed by atoms with Crippen molar-refractivity contribution in [1.82, 2.24) is 9.47 Å². The van der Waals surface area contributed by atoms with E-state index in [-0.39, 0.29) is 27.8 Å². The molecule has 3 amide bonds. The van der Waals surface area contributed by atoms with E-state index in [4.69, 9.17) is 16.3 Å². The molecule has 0 bridgehead atoms. The van der Waals surface area contributed by atoms with Crippen molar-refractivity contribution in [3.63, 3.8) is 0 Å². The molecule has 45 heavy (non-hydrogen) atoms. The van der Waals surface area contributed by atoms with Gasteiger partial charge >= 0.3 is 5.97 Å². The van der Waals surface area contributed by atoms with E-state index < -0.39 is 29.6 Å². The van der Waals surface area contributed by atoms with Gasteiger partial charge in [0.05, 0.1) is 22.1 Å². The van der Waals surface area contributed by atoms with Crippen LogP contribution < -0.4 is 5.32 Å². The van der Waals surface area contributed by atoms with Crippen molar-refractivity contribution in [2.24, 2.45) is 0 Å². The molecule has 1 saturated heterocycles. The molecule has 5 aromatic rings. The number of hydrogen-bond acceptors (Lipinski definition) is 6. The second-order valence-corrected chi connectivity index (χ2v) is 12.0. The van der Waals surface area contributed by atoms with Crippen molar-refractivity contribution in [2.45, 2.75) is 19.9 Å². The number of para-hydroxylation sites is 1. The number of anilines is 1. The van der Waals surface area contributed by atoms with Gasteiger partial charge in [0.25, 0.3) is 11.1 Å². The van der Waals surface area contributed by atoms with Crippen LogP contribution in [0.15, 0.2) is 96.0 Å². The highest BCUT2D eigenvalue weighted by atomic mass is 35.5. The lowest BCUT2D eigenvalue weighted by Gasteiger charge is -2.13. The number of benzene rings is 4. The molecule has 8 nitrogen and oxygen atoms in total. The highest BCUT2D eigenvalue weighted by molar-refractivity contribution is 8.18. The Kier molecular flexibility index (Phi) is 8.73. The summed E-state index contributed by atoms with van der Waals surface area (Å²) in [6.07, 6.45) is 4.33. The fraction of sp³-hybridized carbons (Fsp3) is 0.143. The third kappa shape index (κ3) is 6.50. The number of ether oxygens (including phenoxy) is 1. The average molecular weight is 638 g/mol. The quantitative estimate of drug-likeness (QED) is 0.131. The van der Waals surface area contributed by atoms with E-state index in [1.807, 2.05) is 49.5 Å². The SMILES string of the molecule is CCCOC(=O)c1cc(NC(=O)CN2C(=O)S/C(=C\c3cn(Cc4ccc5ccccc5c4)c4ccccc34)C2=O)ccc1Cl. The van der Waals surface area contributed by atoms with Crippen molar-refractivity contribution in [2.75, 3.05) is 18.5 Å². The van der Waals surface area contributed by atoms with Crippen LogP contribution in [-0.2, 0) is 20.9 Å². The zero-order valence-corrected chi connectivity index (χ0v) is 25.9. The van der Waals surface area contributed by atoms with Crippen LogP contribution in [0.1, 0.15) is 34.8 Å². The first-order chi connectivity index (χ1) is 21.8. The highest BCUT2D eigenvalue weighted by Gasteiger charge is 2.36. The molecule has 0 spiro atoms. The fourth-order valence-corrected chi connectivity index (χ4v) is 6.23. The first-order valence-corrected chi connectivity index (χ1v) is 15.6. The number of thioether (sulfide) groups is 1. The van der Waals surface area contributed by atoms with Crippen LogP contribution in [0.2, 0.25) is 5.02 Å². The number of nitrogens with one attached hydrogen (secondary N) is 1. The van der Waals surface area contributed by atoms with Gasteiger partial charge in [-0.05, 0) is 70.9 Å². The zero-order chi connectivity index (χ0) is 31.5. The summed E-state index contributed by atoms with van der Waals surface area (Å²) in [5.74, 6) is -1.75. The Morgan fingerprint density at radius 1 is 0.956 bits per heavy atom. The van der Waals surface area contributed by atoms with Crippen LogP contribution in [0.5, 0.6) is 0 Å². The number of imide groups is 1. The standard InChI is InChI=1S/C35H28ClN3O5S/c1-2-15-44-34(42)28-18-26(13-14-29(28)36)37-32(40)21-39-33(41)31(45-35(39)43)17-25-20-38(30-10-6-5-9-27(25)30)19-22-11-12-23-7-3-4-8-24(23)16-22/h3-14,16-18,20H,2,15,19,21H2,1H3,(H,37,40)/b31-17-. The van der Waals surface area contributed by atoms with Crippen LogP contribution in [0.4, 0.5) is 10.5 Å². The molecule has 10 heteroatoms. The van der Waals surface area contributed by atoms with E-state index in [1.165, 1.54) is 23.6 Å². The Morgan fingerprint density at radius 3 is 2.56 bits per heavy atom. The highest BCUT2D eigenvalue weighted by Crippen LogP contribution is 2.34. The number of carbonyl (C=O) groups is 4. The maximum absolute atomic E-state index is 13.3. The Hall–Kier alpha value is -4.86. The summed E-state index contributed by atoms with van der Waals surface area (Å²) in [7, 11) is 0. The summed E-state index contributed by atoms with van der Waals surface area (Å²) < 4.78 is 7.27. The Labute approximate surface area is 268 Å². The number of halogens is 1. The van der Waals surface area contributed by atoms with Gasteiger partial charge in [-0.3, -0.25) is 19.3 Å². The molecule has 0 unspecified atom stereocenters. The Bertz CT molecular complexity index is 2020. The predicted molar refractivity (Wildman–Crippen MR) is 178 cm³/mol. The number of amides is 3. The lowest BCUT2D eigenvalue weighted by atomic mass is 10.1. The molecule has 1 aliphatic heterocycles. The molecule has 1 fully saturated rings. The third-order valence-electron chi connectivity index (χ3n) is 7.36.